The van der Waals surface area contributed by atoms with E-state index in [1.54, 1.807) is 30.8 Å². The van der Waals surface area contributed by atoms with E-state index in [4.69, 9.17) is 0 Å². The number of nitro groups is 1. The highest BCUT2D eigenvalue weighted by Crippen LogP contribution is 2.29. The zero-order valence-electron chi connectivity index (χ0n) is 12.4. The molecule has 0 saturated carbocycles. The Balaban J connectivity index is 1.94. The molecule has 1 aromatic heterocycles. The summed E-state index contributed by atoms with van der Waals surface area (Å²) in [6, 6.07) is 4.60. The molecule has 0 fully saturated rings. The van der Waals surface area contributed by atoms with Crippen LogP contribution < -0.4 is 5.32 Å². The molecule has 7 nitrogen and oxygen atoms in total. The van der Waals surface area contributed by atoms with E-state index >= 15 is 0 Å². The Morgan fingerprint density at radius 3 is 2.70 bits per heavy atom. The molecule has 0 atom stereocenters. The fraction of sp³-hybridized carbons (Fsp3) is 0.308. The number of rotatable bonds is 7. The number of carbonyl (C=O) groups is 1. The fourth-order valence-corrected chi connectivity index (χ4v) is 4.42. The van der Waals surface area contributed by atoms with Crippen molar-refractivity contribution < 1.29 is 9.72 Å². The molecule has 0 saturated heterocycles. The number of nitrogens with one attached hydrogen (secondary N) is 1. The highest BCUT2D eigenvalue weighted by molar-refractivity contribution is 8.03. The lowest BCUT2D eigenvalue weighted by Gasteiger charge is -2.07. The highest BCUT2D eigenvalue weighted by Gasteiger charge is 2.15. The SMILES string of the molecule is CCSc1nnc(SCC(=O)Nc2cccc([N+](=O)[O-])c2C)s1. The summed E-state index contributed by atoms with van der Waals surface area (Å²) in [4.78, 5) is 22.4. The second-order valence-electron chi connectivity index (χ2n) is 4.31. The van der Waals surface area contributed by atoms with Gasteiger partial charge in [0.1, 0.15) is 0 Å². The van der Waals surface area contributed by atoms with Crippen molar-refractivity contribution in [2.45, 2.75) is 22.5 Å². The van der Waals surface area contributed by atoms with Crippen LogP contribution in [0.2, 0.25) is 0 Å². The second-order valence-corrected chi connectivity index (χ2v) is 8.02. The highest BCUT2D eigenvalue weighted by atomic mass is 32.2. The molecule has 1 amide bonds. The molecule has 0 spiro atoms. The van der Waals surface area contributed by atoms with Gasteiger partial charge in [0.05, 0.1) is 21.9 Å². The number of carbonyl (C=O) groups excluding carboxylic acids is 1. The van der Waals surface area contributed by atoms with Crippen molar-refractivity contribution in [3.63, 3.8) is 0 Å². The minimum atomic E-state index is -0.464. The van der Waals surface area contributed by atoms with Crippen LogP contribution in [-0.2, 0) is 4.79 Å². The van der Waals surface area contributed by atoms with E-state index in [1.807, 2.05) is 6.92 Å². The summed E-state index contributed by atoms with van der Waals surface area (Å²) in [5, 5.41) is 21.6. The number of anilines is 1. The Labute approximate surface area is 145 Å². The molecule has 0 unspecified atom stereocenters. The van der Waals surface area contributed by atoms with Gasteiger partial charge in [-0.2, -0.15) is 0 Å². The summed E-state index contributed by atoms with van der Waals surface area (Å²) >= 11 is 4.35. The van der Waals surface area contributed by atoms with Crippen molar-refractivity contribution in [1.82, 2.24) is 10.2 Å². The van der Waals surface area contributed by atoms with Crippen molar-refractivity contribution in [2.75, 3.05) is 16.8 Å². The Hall–Kier alpha value is -1.65. The molecule has 1 aromatic carbocycles. The van der Waals surface area contributed by atoms with Gasteiger partial charge in [-0.1, -0.05) is 47.9 Å². The fourth-order valence-electron chi connectivity index (χ4n) is 1.71. The van der Waals surface area contributed by atoms with Crippen LogP contribution in [0.4, 0.5) is 11.4 Å². The van der Waals surface area contributed by atoms with E-state index in [-0.39, 0.29) is 17.3 Å². The molecule has 23 heavy (non-hydrogen) atoms. The number of hydrogen-bond donors (Lipinski definition) is 1. The minimum Gasteiger partial charge on any atom is -0.325 e. The number of hydrogen-bond acceptors (Lipinski definition) is 8. The first-order valence-electron chi connectivity index (χ1n) is 6.64. The van der Waals surface area contributed by atoms with Crippen LogP contribution in [0.15, 0.2) is 26.9 Å². The van der Waals surface area contributed by atoms with Crippen molar-refractivity contribution in [1.29, 1.82) is 0 Å². The van der Waals surface area contributed by atoms with Gasteiger partial charge in [0.2, 0.25) is 5.91 Å². The molecule has 0 aliphatic rings. The molecular formula is C13H14N4O3S3. The lowest BCUT2D eigenvalue weighted by Crippen LogP contribution is -2.15. The maximum atomic E-state index is 12.0. The Bertz CT molecular complexity index is 720. The maximum Gasteiger partial charge on any atom is 0.274 e. The lowest BCUT2D eigenvalue weighted by atomic mass is 10.1. The lowest BCUT2D eigenvalue weighted by molar-refractivity contribution is -0.385. The Kier molecular flexibility index (Phi) is 6.37. The van der Waals surface area contributed by atoms with Crippen LogP contribution in [0.3, 0.4) is 0 Å². The van der Waals surface area contributed by atoms with Crippen molar-refractivity contribution >= 4 is 52.1 Å². The average molecular weight is 370 g/mol. The number of aromatic nitrogens is 2. The first-order valence-corrected chi connectivity index (χ1v) is 9.43. The smallest absolute Gasteiger partial charge is 0.274 e. The van der Waals surface area contributed by atoms with Crippen LogP contribution in [0.1, 0.15) is 12.5 Å². The molecule has 0 radical (unpaired) electrons. The van der Waals surface area contributed by atoms with Crippen LogP contribution >= 0.6 is 34.9 Å². The van der Waals surface area contributed by atoms with Crippen LogP contribution in [-0.4, -0.2) is 32.5 Å². The summed E-state index contributed by atoms with van der Waals surface area (Å²) in [5.74, 6) is 0.859. The van der Waals surface area contributed by atoms with E-state index in [0.29, 0.717) is 11.3 Å². The van der Waals surface area contributed by atoms with Gasteiger partial charge < -0.3 is 5.32 Å². The molecule has 10 heteroatoms. The van der Waals surface area contributed by atoms with Gasteiger partial charge in [-0.3, -0.25) is 14.9 Å². The van der Waals surface area contributed by atoms with Crippen molar-refractivity contribution in [2.24, 2.45) is 0 Å². The normalized spacial score (nSPS) is 10.5. The number of thioether (sulfide) groups is 2. The van der Waals surface area contributed by atoms with E-state index in [1.165, 1.54) is 29.2 Å². The molecule has 1 N–H and O–H groups in total. The molecule has 0 aliphatic carbocycles. The number of benzene rings is 1. The van der Waals surface area contributed by atoms with E-state index in [0.717, 1.165) is 14.4 Å². The van der Waals surface area contributed by atoms with Gasteiger partial charge in [0.15, 0.2) is 8.68 Å². The molecule has 0 aliphatic heterocycles. The van der Waals surface area contributed by atoms with Gasteiger partial charge in [0.25, 0.3) is 5.69 Å². The van der Waals surface area contributed by atoms with Gasteiger partial charge in [-0.25, -0.2) is 0 Å². The standard InChI is InChI=1S/C13H14N4O3S3/c1-3-21-12-15-16-13(23-12)22-7-11(18)14-9-5-4-6-10(8(9)2)17(19)20/h4-6H,3,7H2,1-2H3,(H,14,18). The topological polar surface area (TPSA) is 98.0 Å². The summed E-state index contributed by atoms with van der Waals surface area (Å²) in [6.45, 7) is 3.65. The van der Waals surface area contributed by atoms with E-state index in [2.05, 4.69) is 15.5 Å². The van der Waals surface area contributed by atoms with Crippen molar-refractivity contribution in [3.8, 4) is 0 Å². The third kappa shape index (κ3) is 4.91. The molecule has 1 heterocycles. The molecule has 0 bridgehead atoms. The Morgan fingerprint density at radius 2 is 2.04 bits per heavy atom. The summed E-state index contributed by atoms with van der Waals surface area (Å²) < 4.78 is 1.61. The maximum absolute atomic E-state index is 12.0. The molecule has 2 aromatic rings. The Morgan fingerprint density at radius 1 is 1.35 bits per heavy atom. The quantitative estimate of drug-likeness (QED) is 0.452. The molecular weight excluding hydrogens is 356 g/mol. The zero-order valence-corrected chi connectivity index (χ0v) is 14.9. The summed E-state index contributed by atoms with van der Waals surface area (Å²) in [5.41, 5.74) is 0.874. The van der Waals surface area contributed by atoms with Gasteiger partial charge in [-0.15, -0.1) is 10.2 Å². The number of nitro benzene ring substituents is 1. The first-order chi connectivity index (χ1) is 11.0. The predicted octanol–water partition coefficient (Wildman–Crippen LogP) is 3.60. The minimum absolute atomic E-state index is 0.0131. The van der Waals surface area contributed by atoms with Gasteiger partial charge in [0, 0.05) is 6.07 Å². The summed E-state index contributed by atoms with van der Waals surface area (Å²) in [7, 11) is 0. The van der Waals surface area contributed by atoms with Gasteiger partial charge in [-0.05, 0) is 18.7 Å². The average Bonchev–Trinajstić information content (AvgIpc) is 2.95. The monoisotopic (exact) mass is 370 g/mol. The van der Waals surface area contributed by atoms with Crippen LogP contribution in [0.5, 0.6) is 0 Å². The van der Waals surface area contributed by atoms with E-state index in [9.17, 15) is 14.9 Å². The second kappa shape index (κ2) is 8.27. The van der Waals surface area contributed by atoms with Crippen molar-refractivity contribution in [3.05, 3.63) is 33.9 Å². The largest absolute Gasteiger partial charge is 0.325 e. The zero-order chi connectivity index (χ0) is 16.8. The van der Waals surface area contributed by atoms with E-state index < -0.39 is 4.92 Å². The number of nitrogens with zero attached hydrogens (tertiary/aromatic N) is 3. The van der Waals surface area contributed by atoms with Gasteiger partial charge >= 0.3 is 0 Å². The number of amides is 1. The molecule has 122 valence electrons. The first kappa shape index (κ1) is 17.7. The summed E-state index contributed by atoms with van der Waals surface area (Å²) in [6.07, 6.45) is 0. The molecule has 2 rings (SSSR count). The van der Waals surface area contributed by atoms with Crippen LogP contribution in [0.25, 0.3) is 0 Å². The third-order valence-corrected chi connectivity index (χ3v) is 5.83. The van der Waals surface area contributed by atoms with Crippen LogP contribution in [0, 0.1) is 17.0 Å². The third-order valence-electron chi connectivity index (χ3n) is 2.76. The predicted molar refractivity (Wildman–Crippen MR) is 93.5 cm³/mol.